The van der Waals surface area contributed by atoms with Gasteiger partial charge in [-0.2, -0.15) is 5.10 Å². The van der Waals surface area contributed by atoms with Gasteiger partial charge in [0.1, 0.15) is 0 Å². The number of aryl methyl sites for hydroxylation is 1. The standard InChI is InChI=1S/C13H19N3O2/c1-13(4-5-18-8-13)16-11-6-9(12(14)17)2-3-10(11)7-15-16/h7,9H,2-6,8H2,1H3,(H2,14,17)/t9?,13-/m0/s1. The molecular formula is C13H19N3O2. The van der Waals surface area contributed by atoms with Gasteiger partial charge in [0.15, 0.2) is 0 Å². The Morgan fingerprint density at radius 2 is 2.50 bits per heavy atom. The van der Waals surface area contributed by atoms with Crippen molar-refractivity contribution in [2.24, 2.45) is 11.7 Å². The third-order valence-corrected chi connectivity index (χ3v) is 4.27. The molecule has 2 atom stereocenters. The predicted molar refractivity (Wildman–Crippen MR) is 66.0 cm³/mol. The normalized spacial score (nSPS) is 31.3. The lowest BCUT2D eigenvalue weighted by molar-refractivity contribution is -0.122. The quantitative estimate of drug-likeness (QED) is 0.834. The summed E-state index contributed by atoms with van der Waals surface area (Å²) in [5.74, 6) is -0.236. The van der Waals surface area contributed by atoms with E-state index in [1.54, 1.807) is 0 Å². The maximum absolute atomic E-state index is 11.4. The Morgan fingerprint density at radius 3 is 3.17 bits per heavy atom. The molecule has 1 unspecified atom stereocenters. The molecule has 1 aromatic heterocycles. The molecule has 1 amide bonds. The minimum atomic E-state index is -0.193. The SMILES string of the molecule is C[C@]1(n2ncc3c2CC(C(N)=O)CC3)CCOC1. The van der Waals surface area contributed by atoms with Crippen LogP contribution in [0.25, 0.3) is 0 Å². The fraction of sp³-hybridized carbons (Fsp3) is 0.692. The Bertz CT molecular complexity index is 475. The second kappa shape index (κ2) is 4.09. The van der Waals surface area contributed by atoms with Crippen molar-refractivity contribution >= 4 is 5.91 Å². The molecule has 0 saturated carbocycles. The third kappa shape index (κ3) is 1.73. The smallest absolute Gasteiger partial charge is 0.220 e. The van der Waals surface area contributed by atoms with Crippen LogP contribution in [0.3, 0.4) is 0 Å². The van der Waals surface area contributed by atoms with E-state index in [0.29, 0.717) is 6.61 Å². The Labute approximate surface area is 106 Å². The monoisotopic (exact) mass is 249 g/mol. The van der Waals surface area contributed by atoms with Crippen molar-refractivity contribution in [3.05, 3.63) is 17.5 Å². The fourth-order valence-electron chi connectivity index (χ4n) is 3.03. The summed E-state index contributed by atoms with van der Waals surface area (Å²) in [4.78, 5) is 11.4. The molecular weight excluding hydrogens is 230 g/mol. The molecule has 18 heavy (non-hydrogen) atoms. The van der Waals surface area contributed by atoms with Crippen LogP contribution >= 0.6 is 0 Å². The van der Waals surface area contributed by atoms with Crippen molar-refractivity contribution in [3.8, 4) is 0 Å². The maximum Gasteiger partial charge on any atom is 0.220 e. The van der Waals surface area contributed by atoms with Gasteiger partial charge in [-0.3, -0.25) is 9.48 Å². The number of fused-ring (bicyclic) bond motifs is 1. The molecule has 2 heterocycles. The van der Waals surface area contributed by atoms with E-state index >= 15 is 0 Å². The molecule has 0 aromatic carbocycles. The summed E-state index contributed by atoms with van der Waals surface area (Å²) in [5.41, 5.74) is 7.82. The number of hydrogen-bond donors (Lipinski definition) is 1. The van der Waals surface area contributed by atoms with Gasteiger partial charge >= 0.3 is 0 Å². The van der Waals surface area contributed by atoms with Gasteiger partial charge in [0.05, 0.1) is 18.3 Å². The molecule has 3 rings (SSSR count). The summed E-state index contributed by atoms with van der Waals surface area (Å²) in [5, 5.41) is 4.53. The highest BCUT2D eigenvalue weighted by atomic mass is 16.5. The number of hydrogen-bond acceptors (Lipinski definition) is 3. The molecule has 1 fully saturated rings. The summed E-state index contributed by atoms with van der Waals surface area (Å²) in [6.45, 7) is 3.65. The largest absolute Gasteiger partial charge is 0.379 e. The zero-order valence-corrected chi connectivity index (χ0v) is 10.7. The van der Waals surface area contributed by atoms with Gasteiger partial charge in [0, 0.05) is 24.6 Å². The van der Waals surface area contributed by atoms with Crippen molar-refractivity contribution in [2.45, 2.75) is 38.1 Å². The van der Waals surface area contributed by atoms with Crippen LogP contribution in [0.1, 0.15) is 31.0 Å². The molecule has 1 aliphatic heterocycles. The molecule has 98 valence electrons. The van der Waals surface area contributed by atoms with Crippen molar-refractivity contribution in [3.63, 3.8) is 0 Å². The van der Waals surface area contributed by atoms with E-state index in [-0.39, 0.29) is 17.4 Å². The number of aromatic nitrogens is 2. The summed E-state index contributed by atoms with van der Waals surface area (Å²) in [7, 11) is 0. The molecule has 1 aliphatic carbocycles. The van der Waals surface area contributed by atoms with E-state index in [0.717, 1.165) is 32.3 Å². The van der Waals surface area contributed by atoms with Crippen LogP contribution < -0.4 is 5.73 Å². The van der Waals surface area contributed by atoms with Crippen LogP contribution in [0, 0.1) is 5.92 Å². The van der Waals surface area contributed by atoms with Gasteiger partial charge in [-0.05, 0) is 31.7 Å². The Kier molecular flexibility index (Phi) is 2.66. The van der Waals surface area contributed by atoms with Gasteiger partial charge < -0.3 is 10.5 Å². The van der Waals surface area contributed by atoms with Gasteiger partial charge in [-0.1, -0.05) is 0 Å². The number of carbonyl (C=O) groups excluding carboxylic acids is 1. The van der Waals surface area contributed by atoms with Crippen LogP contribution in [-0.4, -0.2) is 28.9 Å². The van der Waals surface area contributed by atoms with Crippen molar-refractivity contribution in [2.75, 3.05) is 13.2 Å². The van der Waals surface area contributed by atoms with Gasteiger partial charge in [0.2, 0.25) is 5.91 Å². The first-order valence-corrected chi connectivity index (χ1v) is 6.53. The van der Waals surface area contributed by atoms with E-state index in [1.807, 2.05) is 6.20 Å². The number of nitrogens with zero attached hydrogens (tertiary/aromatic N) is 2. The average Bonchev–Trinajstić information content (AvgIpc) is 2.94. The zero-order valence-electron chi connectivity index (χ0n) is 10.7. The van der Waals surface area contributed by atoms with Crippen LogP contribution in [-0.2, 0) is 27.9 Å². The Balaban J connectivity index is 1.94. The first kappa shape index (κ1) is 11.7. The Hall–Kier alpha value is -1.36. The molecule has 2 aliphatic rings. The minimum absolute atomic E-state index is 0.0427. The molecule has 5 heteroatoms. The molecule has 2 N–H and O–H groups in total. The van der Waals surface area contributed by atoms with Crippen LogP contribution in [0.4, 0.5) is 0 Å². The number of primary amides is 1. The lowest BCUT2D eigenvalue weighted by Crippen LogP contribution is -2.36. The highest BCUT2D eigenvalue weighted by Gasteiger charge is 2.36. The van der Waals surface area contributed by atoms with E-state index in [1.165, 1.54) is 11.3 Å². The predicted octanol–water partition coefficient (Wildman–Crippen LogP) is 0.609. The molecule has 5 nitrogen and oxygen atoms in total. The molecule has 0 spiro atoms. The van der Waals surface area contributed by atoms with Crippen LogP contribution in [0.2, 0.25) is 0 Å². The van der Waals surface area contributed by atoms with Gasteiger partial charge in [0.25, 0.3) is 0 Å². The highest BCUT2D eigenvalue weighted by molar-refractivity contribution is 5.77. The number of nitrogens with two attached hydrogens (primary N) is 1. The molecule has 0 bridgehead atoms. The lowest BCUT2D eigenvalue weighted by atomic mass is 9.86. The lowest BCUT2D eigenvalue weighted by Gasteiger charge is -2.28. The van der Waals surface area contributed by atoms with E-state index in [9.17, 15) is 4.79 Å². The number of ether oxygens (including phenoxy) is 1. The molecule has 1 aromatic rings. The molecule has 0 radical (unpaired) electrons. The number of amides is 1. The first-order chi connectivity index (χ1) is 8.60. The highest BCUT2D eigenvalue weighted by Crippen LogP contribution is 2.33. The van der Waals surface area contributed by atoms with E-state index in [2.05, 4.69) is 16.7 Å². The topological polar surface area (TPSA) is 70.1 Å². The second-order valence-corrected chi connectivity index (χ2v) is 5.67. The molecule has 1 saturated heterocycles. The third-order valence-electron chi connectivity index (χ3n) is 4.27. The fourth-order valence-corrected chi connectivity index (χ4v) is 3.03. The summed E-state index contributed by atoms with van der Waals surface area (Å²) in [6.07, 6.45) is 5.39. The summed E-state index contributed by atoms with van der Waals surface area (Å²) in [6, 6.07) is 0. The van der Waals surface area contributed by atoms with Crippen molar-refractivity contribution < 1.29 is 9.53 Å². The van der Waals surface area contributed by atoms with Crippen molar-refractivity contribution in [1.29, 1.82) is 0 Å². The van der Waals surface area contributed by atoms with Crippen LogP contribution in [0.5, 0.6) is 0 Å². The van der Waals surface area contributed by atoms with Crippen molar-refractivity contribution in [1.82, 2.24) is 9.78 Å². The van der Waals surface area contributed by atoms with Crippen LogP contribution in [0.15, 0.2) is 6.20 Å². The zero-order chi connectivity index (χ0) is 12.8. The van der Waals surface area contributed by atoms with Gasteiger partial charge in [-0.25, -0.2) is 0 Å². The second-order valence-electron chi connectivity index (χ2n) is 5.67. The van der Waals surface area contributed by atoms with E-state index in [4.69, 9.17) is 10.5 Å². The number of carbonyl (C=O) groups is 1. The maximum atomic E-state index is 11.4. The van der Waals surface area contributed by atoms with E-state index < -0.39 is 0 Å². The first-order valence-electron chi connectivity index (χ1n) is 6.53. The average molecular weight is 249 g/mol. The summed E-state index contributed by atoms with van der Waals surface area (Å²) >= 11 is 0. The van der Waals surface area contributed by atoms with Gasteiger partial charge in [-0.15, -0.1) is 0 Å². The minimum Gasteiger partial charge on any atom is -0.379 e. The summed E-state index contributed by atoms with van der Waals surface area (Å²) < 4.78 is 7.57. The Morgan fingerprint density at radius 1 is 1.67 bits per heavy atom. The number of rotatable bonds is 2.